The number of carbonyl (C=O) groups excluding carboxylic acids is 1. The number of likely N-dealkylation sites (N-methyl/N-ethyl adjacent to an activating group) is 2. The first-order chi connectivity index (χ1) is 13.1. The van der Waals surface area contributed by atoms with Crippen LogP contribution >= 0.6 is 0 Å². The van der Waals surface area contributed by atoms with Gasteiger partial charge >= 0.3 is 0 Å². The van der Waals surface area contributed by atoms with E-state index in [4.69, 9.17) is 0 Å². The van der Waals surface area contributed by atoms with Crippen molar-refractivity contribution in [2.24, 2.45) is 5.92 Å². The van der Waals surface area contributed by atoms with E-state index in [9.17, 15) is 4.79 Å². The van der Waals surface area contributed by atoms with Crippen LogP contribution in [0.5, 0.6) is 0 Å². The van der Waals surface area contributed by atoms with Crippen molar-refractivity contribution in [2.75, 3.05) is 59.4 Å². The number of hydrogen-bond acceptors (Lipinski definition) is 4. The van der Waals surface area contributed by atoms with Crippen molar-refractivity contribution in [3.8, 4) is 0 Å². The van der Waals surface area contributed by atoms with Gasteiger partial charge in [0.25, 0.3) is 0 Å². The summed E-state index contributed by atoms with van der Waals surface area (Å²) in [5.74, 6) is 1.09. The number of carbonyl (C=O) groups is 1. The van der Waals surface area contributed by atoms with E-state index < -0.39 is 0 Å². The van der Waals surface area contributed by atoms with E-state index in [0.29, 0.717) is 11.8 Å². The van der Waals surface area contributed by atoms with E-state index in [1.54, 1.807) is 0 Å². The molecule has 0 spiro atoms. The zero-order valence-corrected chi connectivity index (χ0v) is 18.0. The summed E-state index contributed by atoms with van der Waals surface area (Å²) in [6, 6.07) is 0.939. The summed E-state index contributed by atoms with van der Waals surface area (Å²) in [6.45, 7) is 13.3. The quantitative estimate of drug-likeness (QED) is 0.710. The molecule has 0 N–H and O–H groups in total. The Morgan fingerprint density at radius 2 is 1.63 bits per heavy atom. The zero-order valence-electron chi connectivity index (χ0n) is 18.0. The number of hydrogen-bond donors (Lipinski definition) is 0. The lowest BCUT2D eigenvalue weighted by molar-refractivity contribution is -0.139. The Balaban J connectivity index is 1.47. The van der Waals surface area contributed by atoms with Gasteiger partial charge in [0.05, 0.1) is 6.04 Å². The van der Waals surface area contributed by atoms with Gasteiger partial charge < -0.3 is 14.7 Å². The second-order valence-electron chi connectivity index (χ2n) is 9.03. The van der Waals surface area contributed by atoms with Gasteiger partial charge in [0.1, 0.15) is 0 Å². The van der Waals surface area contributed by atoms with Crippen molar-refractivity contribution in [3.05, 3.63) is 0 Å². The van der Waals surface area contributed by atoms with Crippen LogP contribution in [0.4, 0.5) is 0 Å². The Morgan fingerprint density at radius 3 is 2.26 bits per heavy atom. The fraction of sp³-hybridized carbons (Fsp3) is 0.955. The molecule has 3 saturated heterocycles. The molecule has 0 aromatic rings. The first kappa shape index (κ1) is 21.1. The molecule has 1 amide bonds. The van der Waals surface area contributed by atoms with Crippen LogP contribution < -0.4 is 0 Å². The van der Waals surface area contributed by atoms with Gasteiger partial charge in [-0.2, -0.15) is 0 Å². The molecule has 1 atom stereocenters. The Morgan fingerprint density at radius 1 is 0.926 bits per heavy atom. The van der Waals surface area contributed by atoms with E-state index in [1.807, 2.05) is 0 Å². The minimum absolute atomic E-state index is 0.142. The van der Waals surface area contributed by atoms with Crippen LogP contribution in [0.25, 0.3) is 0 Å². The van der Waals surface area contributed by atoms with Crippen LogP contribution in [0, 0.1) is 5.92 Å². The van der Waals surface area contributed by atoms with Gasteiger partial charge in [0.2, 0.25) is 5.91 Å². The lowest BCUT2D eigenvalue weighted by Crippen LogP contribution is -2.52. The van der Waals surface area contributed by atoms with Gasteiger partial charge in [-0.1, -0.05) is 13.3 Å². The summed E-state index contributed by atoms with van der Waals surface area (Å²) in [5, 5.41) is 0. The molecule has 3 rings (SSSR count). The standard InChI is InChI=1S/C22H42N4O/c1-4-24-13-7-6-8-21(24)22(27)25(5-2)18-19-9-16-26(17-10-19)20-11-14-23(3)15-12-20/h19-21H,4-18H2,1-3H3/t21-/m0/s1. The van der Waals surface area contributed by atoms with E-state index >= 15 is 0 Å². The first-order valence-corrected chi connectivity index (χ1v) is 11.6. The highest BCUT2D eigenvalue weighted by atomic mass is 16.2. The van der Waals surface area contributed by atoms with E-state index in [-0.39, 0.29) is 6.04 Å². The molecule has 0 saturated carbocycles. The average Bonchev–Trinajstić information content (AvgIpc) is 2.72. The lowest BCUT2D eigenvalue weighted by Gasteiger charge is -2.42. The second kappa shape index (κ2) is 10.2. The molecule has 3 fully saturated rings. The van der Waals surface area contributed by atoms with Crippen molar-refractivity contribution in [2.45, 2.75) is 70.9 Å². The van der Waals surface area contributed by atoms with E-state index in [2.05, 4.69) is 40.5 Å². The summed E-state index contributed by atoms with van der Waals surface area (Å²) < 4.78 is 0. The molecule has 27 heavy (non-hydrogen) atoms. The summed E-state index contributed by atoms with van der Waals surface area (Å²) in [4.78, 5) is 23.0. The molecule has 5 nitrogen and oxygen atoms in total. The molecule has 156 valence electrons. The lowest BCUT2D eigenvalue weighted by atomic mass is 9.92. The molecular weight excluding hydrogens is 336 g/mol. The average molecular weight is 379 g/mol. The van der Waals surface area contributed by atoms with Crippen LogP contribution in [-0.2, 0) is 4.79 Å². The molecule has 3 heterocycles. The Labute approximate surface area is 167 Å². The number of nitrogens with zero attached hydrogens (tertiary/aromatic N) is 4. The number of amides is 1. The van der Waals surface area contributed by atoms with E-state index in [1.165, 1.54) is 64.7 Å². The van der Waals surface area contributed by atoms with E-state index in [0.717, 1.165) is 38.6 Å². The second-order valence-corrected chi connectivity index (χ2v) is 9.03. The minimum atomic E-state index is 0.142. The molecule has 0 aromatic carbocycles. The fourth-order valence-electron chi connectivity index (χ4n) is 5.41. The molecule has 0 aliphatic carbocycles. The topological polar surface area (TPSA) is 30.0 Å². The van der Waals surface area contributed by atoms with Gasteiger partial charge in [-0.15, -0.1) is 0 Å². The summed E-state index contributed by atoms with van der Waals surface area (Å²) in [7, 11) is 2.24. The van der Waals surface area contributed by atoms with Gasteiger partial charge in [-0.3, -0.25) is 9.69 Å². The highest BCUT2D eigenvalue weighted by Gasteiger charge is 2.33. The van der Waals surface area contributed by atoms with Crippen LogP contribution in [0.15, 0.2) is 0 Å². The minimum Gasteiger partial charge on any atom is -0.341 e. The van der Waals surface area contributed by atoms with Crippen molar-refractivity contribution in [1.82, 2.24) is 19.6 Å². The molecule has 0 radical (unpaired) electrons. The molecular formula is C22H42N4O. The normalized spacial score (nSPS) is 27.7. The Hall–Kier alpha value is -0.650. The predicted octanol–water partition coefficient (Wildman–Crippen LogP) is 2.52. The third kappa shape index (κ3) is 5.45. The highest BCUT2D eigenvalue weighted by Crippen LogP contribution is 2.25. The molecule has 3 aliphatic rings. The zero-order chi connectivity index (χ0) is 19.2. The Bertz CT molecular complexity index is 455. The predicted molar refractivity (Wildman–Crippen MR) is 112 cm³/mol. The maximum atomic E-state index is 13.2. The van der Waals surface area contributed by atoms with Crippen molar-refractivity contribution >= 4 is 5.91 Å². The number of likely N-dealkylation sites (tertiary alicyclic amines) is 3. The fourth-order valence-corrected chi connectivity index (χ4v) is 5.41. The van der Waals surface area contributed by atoms with Crippen LogP contribution in [0.2, 0.25) is 0 Å². The third-order valence-corrected chi connectivity index (χ3v) is 7.33. The summed E-state index contributed by atoms with van der Waals surface area (Å²) >= 11 is 0. The maximum absolute atomic E-state index is 13.2. The summed E-state index contributed by atoms with van der Waals surface area (Å²) in [6.07, 6.45) is 8.69. The summed E-state index contributed by atoms with van der Waals surface area (Å²) in [5.41, 5.74) is 0. The highest BCUT2D eigenvalue weighted by molar-refractivity contribution is 5.82. The molecule has 3 aliphatic heterocycles. The third-order valence-electron chi connectivity index (χ3n) is 7.33. The van der Waals surface area contributed by atoms with Crippen molar-refractivity contribution < 1.29 is 4.79 Å². The van der Waals surface area contributed by atoms with Gasteiger partial charge in [-0.05, 0) is 97.7 Å². The van der Waals surface area contributed by atoms with Crippen molar-refractivity contribution in [1.29, 1.82) is 0 Å². The molecule has 5 heteroatoms. The van der Waals surface area contributed by atoms with Crippen molar-refractivity contribution in [3.63, 3.8) is 0 Å². The largest absolute Gasteiger partial charge is 0.341 e. The SMILES string of the molecule is CCN(CC1CCN(C2CCN(C)CC2)CC1)C(=O)[C@@H]1CCCCN1CC. The van der Waals surface area contributed by atoms with Crippen LogP contribution in [0.3, 0.4) is 0 Å². The monoisotopic (exact) mass is 378 g/mol. The Kier molecular flexibility index (Phi) is 7.97. The van der Waals surface area contributed by atoms with Gasteiger partial charge in [-0.25, -0.2) is 0 Å². The smallest absolute Gasteiger partial charge is 0.239 e. The number of rotatable bonds is 6. The molecule has 0 bridgehead atoms. The molecule has 0 aromatic heterocycles. The van der Waals surface area contributed by atoms with Gasteiger partial charge in [0.15, 0.2) is 0 Å². The maximum Gasteiger partial charge on any atom is 0.239 e. The van der Waals surface area contributed by atoms with Gasteiger partial charge in [0, 0.05) is 19.1 Å². The number of piperidine rings is 3. The molecule has 0 unspecified atom stereocenters. The van der Waals surface area contributed by atoms with Crippen LogP contribution in [0.1, 0.15) is 58.8 Å². The van der Waals surface area contributed by atoms with Crippen LogP contribution in [-0.4, -0.2) is 97.0 Å². The first-order valence-electron chi connectivity index (χ1n) is 11.6.